The third-order valence-corrected chi connectivity index (χ3v) is 4.16. The first-order valence-corrected chi connectivity index (χ1v) is 7.66. The van der Waals surface area contributed by atoms with Crippen LogP contribution in [0, 0.1) is 0 Å². The van der Waals surface area contributed by atoms with E-state index in [0.29, 0.717) is 10.9 Å². The number of nitrogens with zero attached hydrogens (tertiary/aromatic N) is 1. The number of rotatable bonds is 2. The number of hydrogen-bond donors (Lipinski definition) is 1. The monoisotopic (exact) mass is 404 g/mol. The minimum Gasteiger partial charge on any atom is -0.280 e. The van der Waals surface area contributed by atoms with Crippen LogP contribution in [0.15, 0.2) is 45.7 Å². The van der Waals surface area contributed by atoms with Gasteiger partial charge >= 0.3 is 6.18 Å². The molecule has 0 aliphatic rings. The summed E-state index contributed by atoms with van der Waals surface area (Å²) in [6.45, 7) is -0.119. The Morgan fingerprint density at radius 3 is 2.61 bits per heavy atom. The molecule has 0 bridgehead atoms. The van der Waals surface area contributed by atoms with Gasteiger partial charge in [-0.3, -0.25) is 14.6 Å². The Bertz CT molecular complexity index is 946. The summed E-state index contributed by atoms with van der Waals surface area (Å²) in [5, 5.41) is 2.98. The van der Waals surface area contributed by atoms with Gasteiger partial charge in [0.2, 0.25) is 0 Å². The second-order valence-electron chi connectivity index (χ2n) is 4.99. The molecule has 3 rings (SSSR count). The number of H-pyrrole nitrogens is 1. The van der Waals surface area contributed by atoms with E-state index in [4.69, 9.17) is 11.6 Å². The van der Waals surface area contributed by atoms with Crippen molar-refractivity contribution < 1.29 is 13.2 Å². The number of halogens is 5. The highest BCUT2D eigenvalue weighted by Crippen LogP contribution is 2.34. The molecule has 23 heavy (non-hydrogen) atoms. The summed E-state index contributed by atoms with van der Waals surface area (Å²) in [7, 11) is 0. The van der Waals surface area contributed by atoms with Crippen molar-refractivity contribution in [2.45, 2.75) is 12.7 Å². The maximum absolute atomic E-state index is 13.2. The number of aromatic amines is 1. The van der Waals surface area contributed by atoms with E-state index >= 15 is 0 Å². The maximum Gasteiger partial charge on any atom is 0.416 e. The Morgan fingerprint density at radius 1 is 1.17 bits per heavy atom. The van der Waals surface area contributed by atoms with Crippen LogP contribution in [0.4, 0.5) is 13.2 Å². The lowest BCUT2D eigenvalue weighted by Crippen LogP contribution is -2.13. The summed E-state index contributed by atoms with van der Waals surface area (Å²) < 4.78 is 41.6. The van der Waals surface area contributed by atoms with Crippen molar-refractivity contribution in [1.29, 1.82) is 0 Å². The maximum atomic E-state index is 13.2. The van der Waals surface area contributed by atoms with Gasteiger partial charge in [-0.25, -0.2) is 0 Å². The summed E-state index contributed by atoms with van der Waals surface area (Å²) in [6.07, 6.45) is -4.52. The third-order valence-electron chi connectivity index (χ3n) is 3.44. The number of aromatic nitrogens is 2. The molecule has 0 atom stereocenters. The first kappa shape index (κ1) is 16.1. The standard InChI is InChI=1S/C15H9BrClF3N2O/c16-9-2-4-13-11(5-9)14(23)21-22(13)7-8-1-3-10(17)6-12(8)15(18,19)20/h1-6H,7H2,(H,21,23). The van der Waals surface area contributed by atoms with E-state index < -0.39 is 11.7 Å². The minimum absolute atomic E-state index is 0.0101. The normalized spacial score (nSPS) is 12.0. The molecule has 0 saturated heterocycles. The number of benzene rings is 2. The lowest BCUT2D eigenvalue weighted by Gasteiger charge is -2.14. The third kappa shape index (κ3) is 3.16. The topological polar surface area (TPSA) is 37.8 Å². The van der Waals surface area contributed by atoms with E-state index in [2.05, 4.69) is 21.0 Å². The fraction of sp³-hybridized carbons (Fsp3) is 0.133. The van der Waals surface area contributed by atoms with E-state index in [9.17, 15) is 18.0 Å². The summed E-state index contributed by atoms with van der Waals surface area (Å²) in [5.74, 6) is 0. The Labute approximate surface area is 141 Å². The average molecular weight is 406 g/mol. The smallest absolute Gasteiger partial charge is 0.280 e. The lowest BCUT2D eigenvalue weighted by atomic mass is 10.1. The molecular formula is C15H9BrClF3N2O. The zero-order valence-corrected chi connectivity index (χ0v) is 13.8. The van der Waals surface area contributed by atoms with Crippen molar-refractivity contribution in [1.82, 2.24) is 9.78 Å². The molecule has 1 N–H and O–H groups in total. The van der Waals surface area contributed by atoms with Crippen molar-refractivity contribution in [3.05, 3.63) is 67.4 Å². The van der Waals surface area contributed by atoms with Crippen LogP contribution >= 0.6 is 27.5 Å². The molecule has 0 fully saturated rings. The van der Waals surface area contributed by atoms with Crippen molar-refractivity contribution in [3.8, 4) is 0 Å². The van der Waals surface area contributed by atoms with Crippen LogP contribution in [0.25, 0.3) is 10.9 Å². The van der Waals surface area contributed by atoms with Crippen molar-refractivity contribution >= 4 is 38.4 Å². The zero-order chi connectivity index (χ0) is 16.8. The van der Waals surface area contributed by atoms with E-state index in [1.165, 1.54) is 16.8 Å². The molecule has 0 aliphatic heterocycles. The highest BCUT2D eigenvalue weighted by atomic mass is 79.9. The van der Waals surface area contributed by atoms with Gasteiger partial charge in [0, 0.05) is 9.50 Å². The van der Waals surface area contributed by atoms with Gasteiger partial charge < -0.3 is 0 Å². The van der Waals surface area contributed by atoms with Gasteiger partial charge in [0.25, 0.3) is 5.56 Å². The van der Waals surface area contributed by atoms with Gasteiger partial charge in [-0.1, -0.05) is 33.6 Å². The molecule has 0 unspecified atom stereocenters. The molecule has 0 radical (unpaired) electrons. The van der Waals surface area contributed by atoms with Gasteiger partial charge in [-0.05, 0) is 35.9 Å². The molecule has 120 valence electrons. The molecule has 3 aromatic rings. The number of nitrogens with one attached hydrogen (secondary N) is 1. The van der Waals surface area contributed by atoms with Crippen LogP contribution in [0.2, 0.25) is 5.02 Å². The predicted molar refractivity (Wildman–Crippen MR) is 85.8 cm³/mol. The van der Waals surface area contributed by atoms with Crippen LogP contribution in [0.1, 0.15) is 11.1 Å². The van der Waals surface area contributed by atoms with Crippen LogP contribution in [0.3, 0.4) is 0 Å². The van der Waals surface area contributed by atoms with Gasteiger partial charge in [-0.2, -0.15) is 13.2 Å². The Balaban J connectivity index is 2.12. The van der Waals surface area contributed by atoms with Crippen molar-refractivity contribution in [3.63, 3.8) is 0 Å². The second-order valence-corrected chi connectivity index (χ2v) is 6.34. The molecular weight excluding hydrogens is 397 g/mol. The number of fused-ring (bicyclic) bond motifs is 1. The first-order valence-electron chi connectivity index (χ1n) is 6.49. The van der Waals surface area contributed by atoms with Crippen LogP contribution < -0.4 is 5.56 Å². The summed E-state index contributed by atoms with van der Waals surface area (Å²) in [5.41, 5.74) is -0.618. The molecule has 1 heterocycles. The Hall–Kier alpha value is -1.73. The second kappa shape index (κ2) is 5.72. The van der Waals surface area contributed by atoms with Crippen LogP contribution in [0.5, 0.6) is 0 Å². The molecule has 0 amide bonds. The van der Waals surface area contributed by atoms with E-state index in [1.54, 1.807) is 18.2 Å². The van der Waals surface area contributed by atoms with Crippen molar-refractivity contribution in [2.24, 2.45) is 0 Å². The van der Waals surface area contributed by atoms with E-state index in [0.717, 1.165) is 10.5 Å². The van der Waals surface area contributed by atoms with Gasteiger partial charge in [0.15, 0.2) is 0 Å². The highest BCUT2D eigenvalue weighted by Gasteiger charge is 2.33. The number of alkyl halides is 3. The van der Waals surface area contributed by atoms with Gasteiger partial charge in [0.05, 0.1) is 23.0 Å². The zero-order valence-electron chi connectivity index (χ0n) is 11.4. The minimum atomic E-state index is -4.52. The molecule has 0 spiro atoms. The SMILES string of the molecule is O=c1[nH]n(Cc2ccc(Cl)cc2C(F)(F)F)c2ccc(Br)cc12. The molecule has 1 aromatic heterocycles. The fourth-order valence-corrected chi connectivity index (χ4v) is 2.95. The number of hydrogen-bond acceptors (Lipinski definition) is 1. The molecule has 0 aliphatic carbocycles. The predicted octanol–water partition coefficient (Wildman–Crippen LogP) is 4.81. The highest BCUT2D eigenvalue weighted by molar-refractivity contribution is 9.10. The quantitative estimate of drug-likeness (QED) is 0.653. The van der Waals surface area contributed by atoms with Gasteiger partial charge in [-0.15, -0.1) is 0 Å². The largest absolute Gasteiger partial charge is 0.416 e. The van der Waals surface area contributed by atoms with E-state index in [1.807, 2.05) is 0 Å². The average Bonchev–Trinajstić information content (AvgIpc) is 2.76. The summed E-state index contributed by atoms with van der Waals surface area (Å²) in [4.78, 5) is 11.9. The summed E-state index contributed by atoms with van der Waals surface area (Å²) in [6, 6.07) is 8.61. The summed E-state index contributed by atoms with van der Waals surface area (Å²) >= 11 is 8.94. The first-order chi connectivity index (χ1) is 10.8. The molecule has 8 heteroatoms. The van der Waals surface area contributed by atoms with Crippen LogP contribution in [-0.4, -0.2) is 9.78 Å². The molecule has 2 aromatic carbocycles. The van der Waals surface area contributed by atoms with Crippen LogP contribution in [-0.2, 0) is 12.7 Å². The fourth-order valence-electron chi connectivity index (χ4n) is 2.41. The lowest BCUT2D eigenvalue weighted by molar-refractivity contribution is -0.138. The Morgan fingerprint density at radius 2 is 1.91 bits per heavy atom. The molecule has 3 nitrogen and oxygen atoms in total. The Kier molecular flexibility index (Phi) is 4.01. The van der Waals surface area contributed by atoms with Crippen molar-refractivity contribution in [2.75, 3.05) is 0 Å². The van der Waals surface area contributed by atoms with Gasteiger partial charge in [0.1, 0.15) is 0 Å². The molecule has 0 saturated carbocycles. The van der Waals surface area contributed by atoms with E-state index in [-0.39, 0.29) is 22.7 Å².